The molecule has 0 aliphatic heterocycles. The first-order valence-electron chi connectivity index (χ1n) is 10.2. The predicted molar refractivity (Wildman–Crippen MR) is 114 cm³/mol. The van der Waals surface area contributed by atoms with Gasteiger partial charge in [0.25, 0.3) is 0 Å². The Morgan fingerprint density at radius 2 is 1.87 bits per heavy atom. The molecule has 168 valence electrons. The molecule has 2 aromatic rings. The zero-order valence-corrected chi connectivity index (χ0v) is 17.6. The zero-order chi connectivity index (χ0) is 22.9. The van der Waals surface area contributed by atoms with E-state index in [2.05, 4.69) is 6.58 Å². The Hall–Kier alpha value is -2.64. The largest absolute Gasteiger partial charge is 0.463 e. The number of aliphatic hydroxyl groups excluding tert-OH is 1. The van der Waals surface area contributed by atoms with Crippen molar-refractivity contribution >= 4 is 5.97 Å². The minimum Gasteiger partial charge on any atom is -0.463 e. The zero-order valence-electron chi connectivity index (χ0n) is 17.6. The van der Waals surface area contributed by atoms with Gasteiger partial charge in [-0.1, -0.05) is 55.5 Å². The normalized spacial score (nSPS) is 12.6. The summed E-state index contributed by atoms with van der Waals surface area (Å²) in [5, 5.41) is 10.2. The monoisotopic (exact) mass is 435 g/mol. The first-order valence-corrected chi connectivity index (χ1v) is 10.2. The van der Waals surface area contributed by atoms with Gasteiger partial charge in [-0.3, -0.25) is 9.69 Å². The Kier molecular flexibility index (Phi) is 9.27. The number of carbonyl (C=O) groups excluding carboxylic acids is 1. The van der Waals surface area contributed by atoms with E-state index in [9.17, 15) is 23.1 Å². The molecule has 0 saturated carbocycles. The number of hydrogen-bond acceptors (Lipinski definition) is 4. The minimum atomic E-state index is -4.42. The molecule has 0 aliphatic rings. The maximum Gasteiger partial charge on any atom is 0.417 e. The van der Waals surface area contributed by atoms with Crippen LogP contribution in [-0.2, 0) is 22.3 Å². The van der Waals surface area contributed by atoms with Crippen molar-refractivity contribution in [3.05, 3.63) is 72.3 Å². The molecule has 1 atom stereocenters. The summed E-state index contributed by atoms with van der Waals surface area (Å²) in [5.41, 5.74) is 0.825. The maximum atomic E-state index is 13.3. The van der Waals surface area contributed by atoms with Gasteiger partial charge in [-0.15, -0.1) is 6.58 Å². The highest BCUT2D eigenvalue weighted by Crippen LogP contribution is 2.36. The number of nitrogens with zero attached hydrogens (tertiary/aromatic N) is 1. The van der Waals surface area contributed by atoms with Crippen molar-refractivity contribution in [2.45, 2.75) is 38.6 Å². The molecule has 0 fully saturated rings. The Morgan fingerprint density at radius 3 is 2.48 bits per heavy atom. The summed E-state index contributed by atoms with van der Waals surface area (Å²) in [7, 11) is 0. The molecular weight excluding hydrogens is 407 g/mol. The highest BCUT2D eigenvalue weighted by atomic mass is 19.4. The molecule has 0 radical (unpaired) electrons. The quantitative estimate of drug-likeness (QED) is 0.396. The van der Waals surface area contributed by atoms with Crippen LogP contribution < -0.4 is 0 Å². The third-order valence-electron chi connectivity index (χ3n) is 4.65. The lowest BCUT2D eigenvalue weighted by Gasteiger charge is -2.24. The third-order valence-corrected chi connectivity index (χ3v) is 4.65. The van der Waals surface area contributed by atoms with E-state index in [1.807, 2.05) is 11.8 Å². The average molecular weight is 435 g/mol. The average Bonchev–Trinajstić information content (AvgIpc) is 2.73. The summed E-state index contributed by atoms with van der Waals surface area (Å²) in [6, 6.07) is 12.3. The molecular formula is C24H28F3NO3. The number of benzene rings is 2. The van der Waals surface area contributed by atoms with Crippen LogP contribution in [-0.4, -0.2) is 41.8 Å². The second-order valence-electron chi connectivity index (χ2n) is 7.31. The summed E-state index contributed by atoms with van der Waals surface area (Å²) in [4.78, 5) is 13.4. The van der Waals surface area contributed by atoms with Crippen molar-refractivity contribution in [3.63, 3.8) is 0 Å². The summed E-state index contributed by atoms with van der Waals surface area (Å²) in [6.07, 6.45) is -2.58. The first-order chi connectivity index (χ1) is 14.7. The van der Waals surface area contributed by atoms with Gasteiger partial charge in [0.05, 0.1) is 5.56 Å². The van der Waals surface area contributed by atoms with Crippen LogP contribution in [0, 0.1) is 0 Å². The second-order valence-corrected chi connectivity index (χ2v) is 7.31. The first kappa shape index (κ1) is 24.6. The minimum absolute atomic E-state index is 0.0837. The highest BCUT2D eigenvalue weighted by Gasteiger charge is 2.33. The Balaban J connectivity index is 2.04. The van der Waals surface area contributed by atoms with Gasteiger partial charge in [-0.05, 0) is 29.2 Å². The van der Waals surface area contributed by atoms with Crippen LogP contribution >= 0.6 is 0 Å². The highest BCUT2D eigenvalue weighted by molar-refractivity contribution is 5.69. The van der Waals surface area contributed by atoms with Gasteiger partial charge in [0.1, 0.15) is 12.7 Å². The number of esters is 1. The van der Waals surface area contributed by atoms with Crippen LogP contribution in [0.25, 0.3) is 11.1 Å². The van der Waals surface area contributed by atoms with E-state index in [0.29, 0.717) is 31.5 Å². The fourth-order valence-electron chi connectivity index (χ4n) is 3.23. The molecule has 7 heteroatoms. The molecule has 0 spiro atoms. The number of alkyl halides is 3. The molecule has 0 aliphatic carbocycles. The number of aliphatic hydroxyl groups is 1. The second kappa shape index (κ2) is 11.7. The lowest BCUT2D eigenvalue weighted by Crippen LogP contribution is -2.35. The van der Waals surface area contributed by atoms with Gasteiger partial charge in [0.15, 0.2) is 0 Å². The Morgan fingerprint density at radius 1 is 1.19 bits per heavy atom. The molecule has 0 saturated heterocycles. The van der Waals surface area contributed by atoms with E-state index in [-0.39, 0.29) is 24.7 Å². The van der Waals surface area contributed by atoms with Crippen LogP contribution in [0.5, 0.6) is 0 Å². The summed E-state index contributed by atoms with van der Waals surface area (Å²) < 4.78 is 44.9. The lowest BCUT2D eigenvalue weighted by molar-refractivity contribution is -0.147. The Bertz CT molecular complexity index is 850. The molecule has 1 N–H and O–H groups in total. The van der Waals surface area contributed by atoms with Gasteiger partial charge >= 0.3 is 12.1 Å². The molecule has 1 unspecified atom stereocenters. The van der Waals surface area contributed by atoms with Crippen molar-refractivity contribution in [1.29, 1.82) is 0 Å². The summed E-state index contributed by atoms with van der Waals surface area (Å²) in [6.45, 7) is 6.74. The molecule has 0 bridgehead atoms. The van der Waals surface area contributed by atoms with Crippen LogP contribution in [0.3, 0.4) is 0 Å². The number of hydrogen-bond donors (Lipinski definition) is 1. The van der Waals surface area contributed by atoms with Crippen molar-refractivity contribution in [2.75, 3.05) is 19.7 Å². The molecule has 31 heavy (non-hydrogen) atoms. The van der Waals surface area contributed by atoms with Gasteiger partial charge in [0.2, 0.25) is 0 Å². The van der Waals surface area contributed by atoms with Crippen molar-refractivity contribution in [2.24, 2.45) is 0 Å². The van der Waals surface area contributed by atoms with Crippen molar-refractivity contribution in [1.82, 2.24) is 4.90 Å². The Labute approximate surface area is 181 Å². The van der Waals surface area contributed by atoms with Crippen LogP contribution in [0.1, 0.15) is 30.9 Å². The summed E-state index contributed by atoms with van der Waals surface area (Å²) in [5.74, 6) is -0.341. The number of ether oxygens (including phenoxy) is 1. The third kappa shape index (κ3) is 7.84. The molecule has 0 aromatic heterocycles. The molecule has 0 heterocycles. The molecule has 0 amide bonds. The maximum absolute atomic E-state index is 13.3. The van der Waals surface area contributed by atoms with E-state index < -0.39 is 17.8 Å². The predicted octanol–water partition coefficient (Wildman–Crippen LogP) is 5.06. The molecule has 2 aromatic carbocycles. The number of carbonyl (C=O) groups is 1. The standard InChI is InChI=1S/C24H28F3NO3/c1-3-7-23(30)31-17-20(29)16-28(14-4-2)15-18-10-12-19(13-11-18)21-8-5-6-9-22(21)24(25,26)27/h4-6,8-13,20,29H,2-3,7,14-17H2,1H3. The van der Waals surface area contributed by atoms with Crippen LogP contribution in [0.15, 0.2) is 61.2 Å². The van der Waals surface area contributed by atoms with Gasteiger partial charge in [-0.25, -0.2) is 0 Å². The fourth-order valence-corrected chi connectivity index (χ4v) is 3.23. The van der Waals surface area contributed by atoms with Crippen LogP contribution in [0.4, 0.5) is 13.2 Å². The summed E-state index contributed by atoms with van der Waals surface area (Å²) >= 11 is 0. The van der Waals surface area contributed by atoms with E-state index >= 15 is 0 Å². The van der Waals surface area contributed by atoms with Crippen molar-refractivity contribution in [3.8, 4) is 11.1 Å². The fraction of sp³-hybridized carbons (Fsp3) is 0.375. The van der Waals surface area contributed by atoms with Crippen molar-refractivity contribution < 1.29 is 27.8 Å². The number of rotatable bonds is 11. The van der Waals surface area contributed by atoms with Crippen LogP contribution in [0.2, 0.25) is 0 Å². The van der Waals surface area contributed by atoms with E-state index in [0.717, 1.165) is 11.6 Å². The SMILES string of the molecule is C=CCN(Cc1ccc(-c2ccccc2C(F)(F)F)cc1)CC(O)COC(=O)CCC. The van der Waals surface area contributed by atoms with Gasteiger partial charge in [-0.2, -0.15) is 13.2 Å². The van der Waals surface area contributed by atoms with Gasteiger partial charge < -0.3 is 9.84 Å². The lowest BCUT2D eigenvalue weighted by atomic mass is 9.98. The van der Waals surface area contributed by atoms with E-state index in [1.54, 1.807) is 36.4 Å². The van der Waals surface area contributed by atoms with Gasteiger partial charge in [0, 0.05) is 26.1 Å². The van der Waals surface area contributed by atoms with E-state index in [4.69, 9.17) is 4.74 Å². The topological polar surface area (TPSA) is 49.8 Å². The van der Waals surface area contributed by atoms with E-state index in [1.165, 1.54) is 12.1 Å². The smallest absolute Gasteiger partial charge is 0.417 e. The number of halogens is 3. The molecule has 4 nitrogen and oxygen atoms in total. The molecule has 2 rings (SSSR count).